The summed E-state index contributed by atoms with van der Waals surface area (Å²) >= 11 is 0. The number of fused-ring (bicyclic) bond motifs is 2. The van der Waals surface area contributed by atoms with Crippen LogP contribution in [0.5, 0.6) is 0 Å². The number of nitrogens with zero attached hydrogens (tertiary/aromatic N) is 3. The highest BCUT2D eigenvalue weighted by Gasteiger charge is 2.50. The zero-order valence-corrected chi connectivity index (χ0v) is 12.5. The number of hydrogen-bond donors (Lipinski definition) is 1. The molecule has 0 bridgehead atoms. The molecule has 2 aliphatic heterocycles. The van der Waals surface area contributed by atoms with Gasteiger partial charge in [-0.3, -0.25) is 0 Å². The van der Waals surface area contributed by atoms with E-state index in [2.05, 4.69) is 29.0 Å². The number of aryl methyl sites for hydroxylation is 1. The number of aromatic nitrogens is 2. The van der Waals surface area contributed by atoms with E-state index >= 15 is 0 Å². The summed E-state index contributed by atoms with van der Waals surface area (Å²) in [6, 6.07) is 0. The molecule has 3 heterocycles. The van der Waals surface area contributed by atoms with Gasteiger partial charge in [0.1, 0.15) is 12.1 Å². The lowest BCUT2D eigenvalue weighted by Crippen LogP contribution is -2.45. The maximum atomic E-state index is 4.69. The summed E-state index contributed by atoms with van der Waals surface area (Å²) in [5.74, 6) is 2.75. The summed E-state index contributed by atoms with van der Waals surface area (Å²) in [5, 5.41) is 3.55. The van der Waals surface area contributed by atoms with E-state index < -0.39 is 0 Å². The first kappa shape index (κ1) is 12.6. The van der Waals surface area contributed by atoms with Crippen LogP contribution in [0.2, 0.25) is 0 Å². The highest BCUT2D eigenvalue weighted by Crippen LogP contribution is 2.44. The van der Waals surface area contributed by atoms with Crippen molar-refractivity contribution >= 4 is 5.82 Å². The molecule has 4 rings (SSSR count). The molecule has 108 valence electrons. The van der Waals surface area contributed by atoms with E-state index in [9.17, 15) is 0 Å². The Morgan fingerprint density at radius 3 is 2.90 bits per heavy atom. The van der Waals surface area contributed by atoms with Gasteiger partial charge in [-0.05, 0) is 51.4 Å². The predicted molar refractivity (Wildman–Crippen MR) is 79.9 cm³/mol. The lowest BCUT2D eigenvalue weighted by molar-refractivity contribution is 0.355. The van der Waals surface area contributed by atoms with Crippen molar-refractivity contribution in [1.82, 2.24) is 15.3 Å². The number of hydrogen-bond acceptors (Lipinski definition) is 4. The molecule has 1 aromatic heterocycles. The molecule has 0 aromatic carbocycles. The molecule has 2 unspecified atom stereocenters. The topological polar surface area (TPSA) is 41.0 Å². The van der Waals surface area contributed by atoms with Gasteiger partial charge in [0, 0.05) is 36.4 Å². The summed E-state index contributed by atoms with van der Waals surface area (Å²) < 4.78 is 0. The summed E-state index contributed by atoms with van der Waals surface area (Å²) in [4.78, 5) is 11.8. The van der Waals surface area contributed by atoms with E-state index in [1.165, 1.54) is 29.9 Å². The largest absolute Gasteiger partial charge is 0.350 e. The van der Waals surface area contributed by atoms with Crippen molar-refractivity contribution in [3.05, 3.63) is 17.6 Å². The minimum absolute atomic E-state index is 0.202. The third kappa shape index (κ3) is 1.70. The molecule has 3 aliphatic rings. The Morgan fingerprint density at radius 2 is 2.05 bits per heavy atom. The fourth-order valence-corrected chi connectivity index (χ4v) is 4.52. The number of rotatable bonds is 1. The molecule has 1 aromatic rings. The van der Waals surface area contributed by atoms with Gasteiger partial charge in [0.2, 0.25) is 0 Å². The standard InChI is InChI=1S/C16H24N4/c1-16(2)13-8-17-7-11(13)9-20(16)15-12-5-3-4-6-14(12)18-10-19-15/h10-11,13,17H,3-9H2,1-2H3. The van der Waals surface area contributed by atoms with Gasteiger partial charge in [-0.1, -0.05) is 0 Å². The van der Waals surface area contributed by atoms with E-state index in [1.807, 2.05) is 0 Å². The van der Waals surface area contributed by atoms with E-state index in [0.717, 1.165) is 44.3 Å². The van der Waals surface area contributed by atoms with Crippen molar-refractivity contribution in [2.45, 2.75) is 45.1 Å². The van der Waals surface area contributed by atoms with Crippen LogP contribution in [0.4, 0.5) is 5.82 Å². The normalized spacial score (nSPS) is 31.2. The lowest BCUT2D eigenvalue weighted by atomic mass is 9.84. The summed E-state index contributed by atoms with van der Waals surface area (Å²) in [6.07, 6.45) is 6.64. The Balaban J connectivity index is 1.75. The van der Waals surface area contributed by atoms with Crippen LogP contribution in [0.15, 0.2) is 6.33 Å². The molecular formula is C16H24N4. The summed E-state index contributed by atoms with van der Waals surface area (Å²) in [6.45, 7) is 8.25. The van der Waals surface area contributed by atoms with E-state index in [4.69, 9.17) is 4.98 Å². The van der Waals surface area contributed by atoms with Crippen LogP contribution < -0.4 is 10.2 Å². The number of anilines is 1. The first-order chi connectivity index (χ1) is 9.68. The van der Waals surface area contributed by atoms with Gasteiger partial charge in [-0.15, -0.1) is 0 Å². The average molecular weight is 272 g/mol. The van der Waals surface area contributed by atoms with E-state index in [-0.39, 0.29) is 5.54 Å². The predicted octanol–water partition coefficient (Wildman–Crippen LogP) is 1.79. The lowest BCUT2D eigenvalue weighted by Gasteiger charge is -2.38. The first-order valence-corrected chi connectivity index (χ1v) is 7.99. The van der Waals surface area contributed by atoms with E-state index in [1.54, 1.807) is 6.33 Å². The van der Waals surface area contributed by atoms with Gasteiger partial charge >= 0.3 is 0 Å². The van der Waals surface area contributed by atoms with Gasteiger partial charge in [0.05, 0.1) is 0 Å². The zero-order chi connectivity index (χ0) is 13.7. The Labute approximate surface area is 121 Å². The molecule has 1 N–H and O–H groups in total. The van der Waals surface area contributed by atoms with Gasteiger partial charge in [0.15, 0.2) is 0 Å². The molecule has 0 spiro atoms. The monoisotopic (exact) mass is 272 g/mol. The Kier molecular flexibility index (Phi) is 2.78. The van der Waals surface area contributed by atoms with Crippen molar-refractivity contribution in [3.63, 3.8) is 0 Å². The third-order valence-corrected chi connectivity index (χ3v) is 5.72. The van der Waals surface area contributed by atoms with Crippen molar-refractivity contribution in [3.8, 4) is 0 Å². The molecule has 0 saturated carbocycles. The second-order valence-corrected chi connectivity index (χ2v) is 7.12. The zero-order valence-electron chi connectivity index (χ0n) is 12.5. The van der Waals surface area contributed by atoms with Crippen LogP contribution in [0.3, 0.4) is 0 Å². The number of nitrogens with one attached hydrogen (secondary N) is 1. The molecule has 0 radical (unpaired) electrons. The van der Waals surface area contributed by atoms with Gasteiger partial charge < -0.3 is 10.2 Å². The molecule has 0 amide bonds. The smallest absolute Gasteiger partial charge is 0.135 e. The van der Waals surface area contributed by atoms with Gasteiger partial charge in [0.25, 0.3) is 0 Å². The van der Waals surface area contributed by atoms with Crippen LogP contribution in [0, 0.1) is 11.8 Å². The second kappa shape index (κ2) is 4.42. The molecular weight excluding hydrogens is 248 g/mol. The van der Waals surface area contributed by atoms with Crippen molar-refractivity contribution < 1.29 is 0 Å². The SMILES string of the molecule is CC1(C)C2CNCC2CN1c1ncnc2c1CCCC2. The van der Waals surface area contributed by atoms with E-state index in [0.29, 0.717) is 0 Å². The fraction of sp³-hybridized carbons (Fsp3) is 0.750. The minimum atomic E-state index is 0.202. The molecule has 2 fully saturated rings. The molecule has 2 saturated heterocycles. The molecule has 1 aliphatic carbocycles. The maximum Gasteiger partial charge on any atom is 0.135 e. The van der Waals surface area contributed by atoms with Crippen LogP contribution in [-0.4, -0.2) is 35.1 Å². The Bertz CT molecular complexity index is 525. The average Bonchev–Trinajstić information content (AvgIpc) is 3.01. The molecule has 4 nitrogen and oxygen atoms in total. The summed E-state index contributed by atoms with van der Waals surface area (Å²) in [7, 11) is 0. The van der Waals surface area contributed by atoms with Crippen LogP contribution in [0.25, 0.3) is 0 Å². The highest BCUT2D eigenvalue weighted by molar-refractivity contribution is 5.53. The Hall–Kier alpha value is -1.16. The first-order valence-electron chi connectivity index (χ1n) is 7.99. The van der Waals surface area contributed by atoms with Crippen molar-refractivity contribution in [1.29, 1.82) is 0 Å². The molecule has 20 heavy (non-hydrogen) atoms. The van der Waals surface area contributed by atoms with Crippen molar-refractivity contribution in [2.24, 2.45) is 11.8 Å². The van der Waals surface area contributed by atoms with Gasteiger partial charge in [-0.25, -0.2) is 9.97 Å². The van der Waals surface area contributed by atoms with Crippen molar-refractivity contribution in [2.75, 3.05) is 24.5 Å². The molecule has 2 atom stereocenters. The molecule has 4 heteroatoms. The quantitative estimate of drug-likeness (QED) is 0.846. The van der Waals surface area contributed by atoms with Gasteiger partial charge in [-0.2, -0.15) is 0 Å². The fourth-order valence-electron chi connectivity index (χ4n) is 4.52. The second-order valence-electron chi connectivity index (χ2n) is 7.12. The Morgan fingerprint density at radius 1 is 1.20 bits per heavy atom. The minimum Gasteiger partial charge on any atom is -0.350 e. The summed E-state index contributed by atoms with van der Waals surface area (Å²) in [5.41, 5.74) is 2.93. The van der Waals surface area contributed by atoms with Crippen LogP contribution in [0.1, 0.15) is 37.9 Å². The van der Waals surface area contributed by atoms with Crippen LogP contribution >= 0.6 is 0 Å². The maximum absolute atomic E-state index is 4.69. The van der Waals surface area contributed by atoms with Crippen LogP contribution in [-0.2, 0) is 12.8 Å². The highest BCUT2D eigenvalue weighted by atomic mass is 15.3. The third-order valence-electron chi connectivity index (χ3n) is 5.72.